The smallest absolute Gasteiger partial charge is 0.308 e. The Hall–Kier alpha value is -3.24. The molecule has 0 fully saturated rings. The van der Waals surface area contributed by atoms with Gasteiger partial charge in [0.1, 0.15) is 0 Å². The molecule has 9 nitrogen and oxygen atoms in total. The number of aromatic amines is 1. The molecule has 0 saturated carbocycles. The molecule has 33 heavy (non-hydrogen) atoms. The van der Waals surface area contributed by atoms with E-state index in [2.05, 4.69) is 4.98 Å². The molecule has 0 bridgehead atoms. The summed E-state index contributed by atoms with van der Waals surface area (Å²) in [5.74, 6) is -0.282. The van der Waals surface area contributed by atoms with Crippen molar-refractivity contribution in [1.29, 1.82) is 0 Å². The predicted molar refractivity (Wildman–Crippen MR) is 126 cm³/mol. The van der Waals surface area contributed by atoms with E-state index in [9.17, 15) is 22.8 Å². The third-order valence-corrected chi connectivity index (χ3v) is 8.13. The van der Waals surface area contributed by atoms with E-state index in [-0.39, 0.29) is 17.3 Å². The van der Waals surface area contributed by atoms with E-state index >= 15 is 0 Å². The topological polar surface area (TPSA) is 113 Å². The van der Waals surface area contributed by atoms with E-state index in [0.717, 1.165) is 10.1 Å². The standard InChI is InChI=1S/C23H26N4O5S/c1-4-25(5-2)33(31,32)17-8-10-20-15(13-17)11-12-27(20)21(28)16-7-9-18-19(14-16)24-23(30)26(6-3)22(18)29/h7-10,13-14H,4-6,11-12H2,1-3H3,(H,24,30). The van der Waals surface area contributed by atoms with E-state index in [0.29, 0.717) is 48.2 Å². The maximum absolute atomic E-state index is 13.3. The highest BCUT2D eigenvalue weighted by molar-refractivity contribution is 7.89. The Balaban J connectivity index is 1.69. The van der Waals surface area contributed by atoms with Gasteiger partial charge in [-0.2, -0.15) is 4.31 Å². The fraction of sp³-hybridized carbons (Fsp3) is 0.348. The number of H-pyrrole nitrogens is 1. The van der Waals surface area contributed by atoms with Gasteiger partial charge >= 0.3 is 5.69 Å². The van der Waals surface area contributed by atoms with Crippen LogP contribution < -0.4 is 16.1 Å². The van der Waals surface area contributed by atoms with Crippen LogP contribution in [0.2, 0.25) is 0 Å². The van der Waals surface area contributed by atoms with Crippen LogP contribution in [0.5, 0.6) is 0 Å². The first-order valence-corrected chi connectivity index (χ1v) is 12.4. The summed E-state index contributed by atoms with van der Waals surface area (Å²) in [6, 6.07) is 9.47. The lowest BCUT2D eigenvalue weighted by atomic mass is 10.1. The molecule has 3 aromatic rings. The third-order valence-electron chi connectivity index (χ3n) is 6.08. The van der Waals surface area contributed by atoms with Gasteiger partial charge in [-0.1, -0.05) is 13.8 Å². The first-order valence-electron chi connectivity index (χ1n) is 10.9. The number of aromatic nitrogens is 2. The molecule has 1 aromatic heterocycles. The van der Waals surface area contributed by atoms with Gasteiger partial charge in [-0.15, -0.1) is 0 Å². The number of benzene rings is 2. The van der Waals surface area contributed by atoms with E-state index in [4.69, 9.17) is 0 Å². The molecule has 1 N–H and O–H groups in total. The van der Waals surface area contributed by atoms with Crippen LogP contribution in [0, 0.1) is 0 Å². The van der Waals surface area contributed by atoms with Crippen molar-refractivity contribution in [2.75, 3.05) is 24.5 Å². The number of nitrogens with one attached hydrogen (secondary N) is 1. The molecule has 0 spiro atoms. The average molecular weight is 471 g/mol. The molecule has 0 atom stereocenters. The Labute approximate surface area is 191 Å². The van der Waals surface area contributed by atoms with Crippen LogP contribution >= 0.6 is 0 Å². The van der Waals surface area contributed by atoms with E-state index in [1.54, 1.807) is 49.9 Å². The van der Waals surface area contributed by atoms with E-state index < -0.39 is 21.3 Å². The van der Waals surface area contributed by atoms with Crippen molar-refractivity contribution in [3.63, 3.8) is 0 Å². The summed E-state index contributed by atoms with van der Waals surface area (Å²) < 4.78 is 28.2. The summed E-state index contributed by atoms with van der Waals surface area (Å²) in [5, 5.41) is 0.334. The largest absolute Gasteiger partial charge is 0.328 e. The second-order valence-corrected chi connectivity index (χ2v) is 9.76. The second-order valence-electron chi connectivity index (χ2n) is 7.83. The lowest BCUT2D eigenvalue weighted by Crippen LogP contribution is -2.34. The number of hydrogen-bond donors (Lipinski definition) is 1. The molecule has 2 aromatic carbocycles. The molecule has 10 heteroatoms. The van der Waals surface area contributed by atoms with Gasteiger partial charge in [0.2, 0.25) is 10.0 Å². The fourth-order valence-electron chi connectivity index (χ4n) is 4.29. The first kappa shape index (κ1) is 22.9. The summed E-state index contributed by atoms with van der Waals surface area (Å²) in [6.45, 7) is 6.73. The molecule has 4 rings (SSSR count). The Morgan fingerprint density at radius 3 is 2.45 bits per heavy atom. The number of carbonyl (C=O) groups is 1. The van der Waals surface area contributed by atoms with Crippen LogP contribution in [-0.2, 0) is 23.0 Å². The van der Waals surface area contributed by atoms with Gasteiger partial charge in [-0.05, 0) is 55.3 Å². The van der Waals surface area contributed by atoms with Gasteiger partial charge < -0.3 is 9.88 Å². The van der Waals surface area contributed by atoms with Crippen molar-refractivity contribution in [3.8, 4) is 0 Å². The molecule has 0 radical (unpaired) electrons. The SMILES string of the molecule is CCN(CC)S(=O)(=O)c1ccc2c(c1)CCN2C(=O)c1ccc2c(=O)n(CC)c(=O)[nH]c2c1. The zero-order chi connectivity index (χ0) is 23.9. The quantitative estimate of drug-likeness (QED) is 0.592. The number of anilines is 1. The van der Waals surface area contributed by atoms with E-state index in [1.807, 2.05) is 0 Å². The predicted octanol–water partition coefficient (Wildman–Crippen LogP) is 1.94. The van der Waals surface area contributed by atoms with Crippen LogP contribution in [0.3, 0.4) is 0 Å². The maximum Gasteiger partial charge on any atom is 0.328 e. The zero-order valence-corrected chi connectivity index (χ0v) is 19.6. The maximum atomic E-state index is 13.3. The Morgan fingerprint density at radius 2 is 1.79 bits per heavy atom. The van der Waals surface area contributed by atoms with Crippen molar-refractivity contribution in [2.45, 2.75) is 38.6 Å². The van der Waals surface area contributed by atoms with Crippen LogP contribution in [0.15, 0.2) is 50.9 Å². The number of amides is 1. The highest BCUT2D eigenvalue weighted by atomic mass is 32.2. The number of nitrogens with zero attached hydrogens (tertiary/aromatic N) is 3. The van der Waals surface area contributed by atoms with Crippen molar-refractivity contribution in [3.05, 3.63) is 68.4 Å². The highest BCUT2D eigenvalue weighted by Crippen LogP contribution is 2.32. The molecule has 1 aliphatic heterocycles. The summed E-state index contributed by atoms with van der Waals surface area (Å²) in [5.41, 5.74) is 1.17. The Kier molecular flexibility index (Phi) is 5.98. The van der Waals surface area contributed by atoms with Crippen LogP contribution in [0.1, 0.15) is 36.7 Å². The van der Waals surface area contributed by atoms with Gasteiger partial charge in [0.15, 0.2) is 0 Å². The number of fused-ring (bicyclic) bond motifs is 2. The minimum Gasteiger partial charge on any atom is -0.308 e. The van der Waals surface area contributed by atoms with Crippen LogP contribution in [-0.4, -0.2) is 47.8 Å². The highest BCUT2D eigenvalue weighted by Gasteiger charge is 2.29. The summed E-state index contributed by atoms with van der Waals surface area (Å²) in [4.78, 5) is 42.4. The van der Waals surface area contributed by atoms with Gasteiger partial charge in [0.05, 0.1) is 15.8 Å². The van der Waals surface area contributed by atoms with Gasteiger partial charge in [0, 0.05) is 37.4 Å². The van der Waals surface area contributed by atoms with Gasteiger partial charge in [-0.25, -0.2) is 13.2 Å². The normalized spacial score (nSPS) is 13.6. The lowest BCUT2D eigenvalue weighted by Gasteiger charge is -2.20. The van der Waals surface area contributed by atoms with Crippen LogP contribution in [0.25, 0.3) is 10.9 Å². The fourth-order valence-corrected chi connectivity index (χ4v) is 5.80. The van der Waals surface area contributed by atoms with Gasteiger partial charge in [-0.3, -0.25) is 14.2 Å². The minimum atomic E-state index is -3.59. The van der Waals surface area contributed by atoms with E-state index in [1.165, 1.54) is 16.4 Å². The van der Waals surface area contributed by atoms with Gasteiger partial charge in [0.25, 0.3) is 11.5 Å². The molecular weight excluding hydrogens is 444 g/mol. The second kappa shape index (κ2) is 8.60. The summed E-state index contributed by atoms with van der Waals surface area (Å²) >= 11 is 0. The number of hydrogen-bond acceptors (Lipinski definition) is 5. The van der Waals surface area contributed by atoms with Crippen molar-refractivity contribution in [2.24, 2.45) is 0 Å². The molecule has 0 unspecified atom stereocenters. The first-order chi connectivity index (χ1) is 15.7. The minimum absolute atomic E-state index is 0.217. The Morgan fingerprint density at radius 1 is 1.06 bits per heavy atom. The molecule has 2 heterocycles. The molecule has 1 aliphatic rings. The zero-order valence-electron chi connectivity index (χ0n) is 18.8. The third kappa shape index (κ3) is 3.79. The van der Waals surface area contributed by atoms with Crippen molar-refractivity contribution in [1.82, 2.24) is 13.9 Å². The molecular formula is C23H26N4O5S. The molecule has 0 aliphatic carbocycles. The molecule has 0 saturated heterocycles. The number of carbonyl (C=O) groups excluding carboxylic acids is 1. The lowest BCUT2D eigenvalue weighted by molar-refractivity contribution is 0.0989. The van der Waals surface area contributed by atoms with Crippen molar-refractivity contribution >= 4 is 32.5 Å². The summed E-state index contributed by atoms with van der Waals surface area (Å²) in [7, 11) is -3.59. The Bertz CT molecular complexity index is 1470. The number of rotatable bonds is 6. The van der Waals surface area contributed by atoms with Crippen LogP contribution in [0.4, 0.5) is 5.69 Å². The summed E-state index contributed by atoms with van der Waals surface area (Å²) in [6.07, 6.45) is 0.536. The molecule has 174 valence electrons. The monoisotopic (exact) mass is 470 g/mol. The van der Waals surface area contributed by atoms with Crippen molar-refractivity contribution < 1.29 is 13.2 Å². The average Bonchev–Trinajstić information content (AvgIpc) is 3.22. The molecule has 1 amide bonds. The number of sulfonamides is 1.